The molecule has 0 radical (unpaired) electrons. The first-order valence-electron chi connectivity index (χ1n) is 3.56. The second-order valence-corrected chi connectivity index (χ2v) is 3.95. The quantitative estimate of drug-likeness (QED) is 0.498. The maximum Gasteiger partial charge on any atom is 0.170 e. The van der Waals surface area contributed by atoms with Gasteiger partial charge in [0.25, 0.3) is 0 Å². The molecule has 2 atom stereocenters. The standard InChI is InChI=1S/C7H10N2O2S/c1-6(12(10)11)9-4-7(5-9)2-3-8/h2,6H,4-5H2,1H3,(H,10,11). The maximum absolute atomic E-state index is 10.6. The van der Waals surface area contributed by atoms with Gasteiger partial charge in [0.05, 0.1) is 6.07 Å². The number of hydrogen-bond donors (Lipinski definition) is 1. The van der Waals surface area contributed by atoms with Crippen molar-refractivity contribution < 1.29 is 8.76 Å². The van der Waals surface area contributed by atoms with Crippen molar-refractivity contribution in [3.63, 3.8) is 0 Å². The molecule has 2 unspecified atom stereocenters. The van der Waals surface area contributed by atoms with Crippen LogP contribution in [0.2, 0.25) is 0 Å². The second kappa shape index (κ2) is 3.81. The lowest BCUT2D eigenvalue weighted by Crippen LogP contribution is -2.47. The van der Waals surface area contributed by atoms with E-state index >= 15 is 0 Å². The first-order valence-corrected chi connectivity index (χ1v) is 4.73. The number of rotatable bonds is 2. The van der Waals surface area contributed by atoms with E-state index < -0.39 is 11.1 Å². The number of allylic oxidation sites excluding steroid dienone is 1. The molecule has 1 saturated heterocycles. The highest BCUT2D eigenvalue weighted by Crippen LogP contribution is 2.18. The predicted molar refractivity (Wildman–Crippen MR) is 45.5 cm³/mol. The van der Waals surface area contributed by atoms with Crippen LogP contribution in [0.5, 0.6) is 0 Å². The van der Waals surface area contributed by atoms with Crippen molar-refractivity contribution in [1.29, 1.82) is 5.26 Å². The Balaban J connectivity index is 2.40. The Labute approximate surface area is 73.8 Å². The van der Waals surface area contributed by atoms with Crippen LogP contribution in [0.15, 0.2) is 11.6 Å². The van der Waals surface area contributed by atoms with Gasteiger partial charge >= 0.3 is 0 Å². The third-order valence-electron chi connectivity index (χ3n) is 1.89. The van der Waals surface area contributed by atoms with Gasteiger partial charge in [0.2, 0.25) is 0 Å². The number of likely N-dealkylation sites (tertiary alicyclic amines) is 1. The fourth-order valence-corrected chi connectivity index (χ4v) is 1.45. The zero-order valence-electron chi connectivity index (χ0n) is 6.73. The first kappa shape index (κ1) is 9.39. The van der Waals surface area contributed by atoms with Crippen molar-refractivity contribution in [1.82, 2.24) is 4.90 Å². The van der Waals surface area contributed by atoms with E-state index in [-0.39, 0.29) is 5.37 Å². The fraction of sp³-hybridized carbons (Fsp3) is 0.571. The van der Waals surface area contributed by atoms with Gasteiger partial charge in [-0.15, -0.1) is 0 Å². The van der Waals surface area contributed by atoms with Crippen molar-refractivity contribution in [2.75, 3.05) is 13.1 Å². The minimum Gasteiger partial charge on any atom is -0.305 e. The summed E-state index contributed by atoms with van der Waals surface area (Å²) in [5.74, 6) is 0. The summed E-state index contributed by atoms with van der Waals surface area (Å²) in [5.41, 5.74) is 1.02. The van der Waals surface area contributed by atoms with Gasteiger partial charge in [0, 0.05) is 19.2 Å². The van der Waals surface area contributed by atoms with E-state index in [0.717, 1.165) is 5.57 Å². The van der Waals surface area contributed by atoms with Gasteiger partial charge in [-0.2, -0.15) is 5.26 Å². The zero-order chi connectivity index (χ0) is 9.14. The molecule has 0 aromatic rings. The second-order valence-electron chi connectivity index (χ2n) is 2.71. The molecule has 12 heavy (non-hydrogen) atoms. The molecule has 0 spiro atoms. The summed E-state index contributed by atoms with van der Waals surface area (Å²) in [4.78, 5) is 1.85. The Bertz CT molecular complexity index is 261. The highest BCUT2D eigenvalue weighted by atomic mass is 32.2. The van der Waals surface area contributed by atoms with Crippen LogP contribution >= 0.6 is 0 Å². The molecule has 1 rings (SSSR count). The lowest BCUT2D eigenvalue weighted by atomic mass is 10.1. The van der Waals surface area contributed by atoms with E-state index in [1.807, 2.05) is 11.0 Å². The largest absolute Gasteiger partial charge is 0.305 e. The zero-order valence-corrected chi connectivity index (χ0v) is 7.54. The van der Waals surface area contributed by atoms with Crippen molar-refractivity contribution in [2.24, 2.45) is 0 Å². The summed E-state index contributed by atoms with van der Waals surface area (Å²) < 4.78 is 19.3. The normalized spacial score (nSPS) is 22.2. The molecule has 66 valence electrons. The summed E-state index contributed by atoms with van der Waals surface area (Å²) in [5, 5.41) is 7.95. The molecule has 5 heteroatoms. The maximum atomic E-state index is 10.6. The van der Waals surface area contributed by atoms with E-state index in [1.165, 1.54) is 6.08 Å². The van der Waals surface area contributed by atoms with Gasteiger partial charge in [0.15, 0.2) is 11.1 Å². The fourth-order valence-electron chi connectivity index (χ4n) is 1.04. The van der Waals surface area contributed by atoms with Crippen LogP contribution in [0.4, 0.5) is 0 Å². The Morgan fingerprint density at radius 1 is 1.83 bits per heavy atom. The van der Waals surface area contributed by atoms with Crippen LogP contribution in [-0.4, -0.2) is 32.1 Å². The van der Waals surface area contributed by atoms with E-state index in [2.05, 4.69) is 0 Å². The summed E-state index contributed by atoms with van der Waals surface area (Å²) >= 11 is -1.79. The van der Waals surface area contributed by atoms with Crippen molar-refractivity contribution in [3.05, 3.63) is 11.6 Å². The molecule has 1 heterocycles. The summed E-state index contributed by atoms with van der Waals surface area (Å²) in [6.07, 6.45) is 1.49. The van der Waals surface area contributed by atoms with E-state index in [0.29, 0.717) is 13.1 Å². The van der Waals surface area contributed by atoms with Gasteiger partial charge in [-0.3, -0.25) is 4.90 Å². The molecule has 0 aliphatic carbocycles. The summed E-state index contributed by atoms with van der Waals surface area (Å²) in [6.45, 7) is 2.97. The molecule has 0 amide bonds. The molecule has 1 aliphatic rings. The Hall–Kier alpha value is -0.700. The summed E-state index contributed by atoms with van der Waals surface area (Å²) in [7, 11) is 0. The van der Waals surface area contributed by atoms with Gasteiger partial charge < -0.3 is 4.55 Å². The lowest BCUT2D eigenvalue weighted by Gasteiger charge is -2.36. The molecule has 0 aromatic heterocycles. The third kappa shape index (κ3) is 1.91. The van der Waals surface area contributed by atoms with Crippen LogP contribution in [-0.2, 0) is 11.1 Å². The highest BCUT2D eigenvalue weighted by molar-refractivity contribution is 7.79. The van der Waals surface area contributed by atoms with Gasteiger partial charge in [-0.25, -0.2) is 4.21 Å². The monoisotopic (exact) mass is 186 g/mol. The van der Waals surface area contributed by atoms with Crippen LogP contribution in [0, 0.1) is 11.3 Å². The van der Waals surface area contributed by atoms with Gasteiger partial charge in [0.1, 0.15) is 5.37 Å². The van der Waals surface area contributed by atoms with Gasteiger partial charge in [-0.05, 0) is 12.5 Å². The minimum atomic E-state index is -1.79. The number of hydrogen-bond acceptors (Lipinski definition) is 3. The van der Waals surface area contributed by atoms with Crippen molar-refractivity contribution in [3.8, 4) is 6.07 Å². The minimum absolute atomic E-state index is 0.333. The smallest absolute Gasteiger partial charge is 0.170 e. The van der Waals surface area contributed by atoms with Crippen LogP contribution in [0.3, 0.4) is 0 Å². The highest BCUT2D eigenvalue weighted by Gasteiger charge is 2.27. The molecule has 0 bridgehead atoms. The molecule has 0 saturated carbocycles. The number of nitrogens with zero attached hydrogens (tertiary/aromatic N) is 2. The summed E-state index contributed by atoms with van der Waals surface area (Å²) in [6, 6.07) is 1.93. The molecular weight excluding hydrogens is 176 g/mol. The molecule has 1 N–H and O–H groups in total. The van der Waals surface area contributed by atoms with E-state index in [4.69, 9.17) is 9.81 Å². The Kier molecular flexibility index (Phi) is 2.98. The lowest BCUT2D eigenvalue weighted by molar-refractivity contribution is 0.232. The van der Waals surface area contributed by atoms with Gasteiger partial charge in [-0.1, -0.05) is 0 Å². The van der Waals surface area contributed by atoms with Crippen LogP contribution in [0.25, 0.3) is 0 Å². The first-order chi connectivity index (χ1) is 5.65. The molecular formula is C7H10N2O2S. The SMILES string of the molecule is CC(N1CC(=CC#N)C1)S(=O)O. The number of nitriles is 1. The molecule has 4 nitrogen and oxygen atoms in total. The molecule has 0 aromatic carbocycles. The molecule has 1 aliphatic heterocycles. The van der Waals surface area contributed by atoms with E-state index in [9.17, 15) is 4.21 Å². The average Bonchev–Trinajstić information content (AvgIpc) is 1.94. The average molecular weight is 186 g/mol. The third-order valence-corrected chi connectivity index (χ3v) is 2.77. The van der Waals surface area contributed by atoms with Crippen LogP contribution < -0.4 is 0 Å². The van der Waals surface area contributed by atoms with Crippen molar-refractivity contribution in [2.45, 2.75) is 12.3 Å². The predicted octanol–water partition coefficient (Wildman–Crippen LogP) is 0.320. The Morgan fingerprint density at radius 3 is 2.83 bits per heavy atom. The molecule has 1 fully saturated rings. The topological polar surface area (TPSA) is 64.3 Å². The Morgan fingerprint density at radius 2 is 2.42 bits per heavy atom. The van der Waals surface area contributed by atoms with Crippen molar-refractivity contribution >= 4 is 11.1 Å². The van der Waals surface area contributed by atoms with E-state index in [1.54, 1.807) is 6.92 Å². The van der Waals surface area contributed by atoms with Crippen LogP contribution in [0.1, 0.15) is 6.92 Å².